The molecule has 3 aromatic carbocycles. The minimum Gasteiger partial charge on any atom is -0.361 e. The quantitative estimate of drug-likeness (QED) is 0.374. The molecule has 0 radical (unpaired) electrons. The summed E-state index contributed by atoms with van der Waals surface area (Å²) >= 11 is 5.53. The highest BCUT2D eigenvalue weighted by Gasteiger charge is 2.41. The van der Waals surface area contributed by atoms with Gasteiger partial charge in [-0.3, -0.25) is 9.58 Å². The summed E-state index contributed by atoms with van der Waals surface area (Å²) in [6, 6.07) is 28.1. The third-order valence-electron chi connectivity index (χ3n) is 7.75. The number of nitrogens with zero attached hydrogens (tertiary/aromatic N) is 3. The molecule has 2 N–H and O–H groups in total. The lowest BCUT2D eigenvalue weighted by atomic mass is 9.74. The van der Waals surface area contributed by atoms with Crippen molar-refractivity contribution < 1.29 is 0 Å². The van der Waals surface area contributed by atoms with Gasteiger partial charge in [-0.05, 0) is 72.6 Å². The molecule has 4 heterocycles. The van der Waals surface area contributed by atoms with Gasteiger partial charge in [0, 0.05) is 49.0 Å². The number of hydrogen-bond acceptors (Lipinski definition) is 3. The van der Waals surface area contributed by atoms with Crippen molar-refractivity contribution in [3.8, 4) is 11.3 Å². The van der Waals surface area contributed by atoms with E-state index in [1.807, 2.05) is 30.3 Å². The number of rotatable bonds is 5. The summed E-state index contributed by atoms with van der Waals surface area (Å²) in [7, 11) is 2.10. The lowest BCUT2D eigenvalue weighted by molar-refractivity contribution is 0.0303. The van der Waals surface area contributed by atoms with Crippen molar-refractivity contribution in [3.63, 3.8) is 0 Å². The van der Waals surface area contributed by atoms with Crippen LogP contribution in [-0.4, -0.2) is 45.5 Å². The first-order valence-corrected chi connectivity index (χ1v) is 12.9. The van der Waals surface area contributed by atoms with Gasteiger partial charge in [0.1, 0.15) is 0 Å². The average Bonchev–Trinajstić information content (AvgIpc) is 3.29. The summed E-state index contributed by atoms with van der Waals surface area (Å²) in [6.45, 7) is 3.14. The minimum absolute atomic E-state index is 0.522. The van der Waals surface area contributed by atoms with Crippen LogP contribution in [0.25, 0.3) is 22.0 Å². The van der Waals surface area contributed by atoms with Crippen LogP contribution in [0.3, 0.4) is 0 Å². The van der Waals surface area contributed by atoms with Gasteiger partial charge in [-0.2, -0.15) is 5.10 Å². The Labute approximate surface area is 212 Å². The van der Waals surface area contributed by atoms with E-state index in [1.165, 1.54) is 41.4 Å². The highest BCUT2D eigenvalue weighted by atomic mass is 32.1. The van der Waals surface area contributed by atoms with E-state index in [4.69, 9.17) is 17.3 Å². The summed E-state index contributed by atoms with van der Waals surface area (Å²) in [5, 5.41) is 14.9. The Bertz CT molecular complexity index is 1350. The molecule has 0 aliphatic carbocycles. The first-order chi connectivity index (χ1) is 17.1. The fourth-order valence-electron chi connectivity index (χ4n) is 5.91. The van der Waals surface area contributed by atoms with Crippen LogP contribution in [-0.2, 0) is 7.05 Å². The lowest BCUT2D eigenvalue weighted by Gasteiger charge is -2.50. The molecule has 3 saturated heterocycles. The Morgan fingerprint density at radius 3 is 2.60 bits per heavy atom. The maximum absolute atomic E-state index is 5.53. The Balaban J connectivity index is 1.13. The van der Waals surface area contributed by atoms with Gasteiger partial charge in [0.25, 0.3) is 0 Å². The van der Waals surface area contributed by atoms with E-state index in [0.717, 1.165) is 24.5 Å². The van der Waals surface area contributed by atoms with Crippen molar-refractivity contribution >= 4 is 33.8 Å². The number of aromatic nitrogens is 2. The molecule has 1 aromatic heterocycles. The maximum Gasteiger partial charge on any atom is 0.170 e. The molecule has 0 saturated carbocycles. The largest absolute Gasteiger partial charge is 0.361 e. The van der Waals surface area contributed by atoms with Gasteiger partial charge in [0.15, 0.2) is 5.11 Å². The molecular formula is C29H31N5S. The predicted molar refractivity (Wildman–Crippen MR) is 148 cm³/mol. The molecule has 0 spiro atoms. The first-order valence-electron chi connectivity index (χ1n) is 12.5. The van der Waals surface area contributed by atoms with Crippen LogP contribution in [0.4, 0.5) is 5.69 Å². The van der Waals surface area contributed by atoms with Crippen LogP contribution in [0, 0.1) is 5.92 Å². The Hall–Kier alpha value is -3.22. The van der Waals surface area contributed by atoms with Crippen LogP contribution in [0.5, 0.6) is 0 Å². The van der Waals surface area contributed by atoms with Gasteiger partial charge in [-0.1, -0.05) is 54.6 Å². The summed E-state index contributed by atoms with van der Waals surface area (Å²) in [5.74, 6) is 1.21. The number of thiocarbonyl (C=S) groups is 1. The third kappa shape index (κ3) is 4.56. The van der Waals surface area contributed by atoms with E-state index in [2.05, 4.69) is 75.8 Å². The molecule has 3 aliphatic heterocycles. The number of hydrogen-bond donors (Lipinski definition) is 2. The van der Waals surface area contributed by atoms with Crippen LogP contribution in [0.15, 0.2) is 78.9 Å². The lowest BCUT2D eigenvalue weighted by Crippen LogP contribution is -2.56. The van der Waals surface area contributed by atoms with Crippen LogP contribution in [0.1, 0.15) is 24.5 Å². The Morgan fingerprint density at radius 2 is 1.80 bits per heavy atom. The Morgan fingerprint density at radius 1 is 1.00 bits per heavy atom. The third-order valence-corrected chi connectivity index (χ3v) is 8.00. The molecule has 4 unspecified atom stereocenters. The van der Waals surface area contributed by atoms with Crippen molar-refractivity contribution in [2.24, 2.45) is 13.0 Å². The zero-order valence-corrected chi connectivity index (χ0v) is 20.8. The second-order valence-electron chi connectivity index (χ2n) is 9.88. The number of aryl methyl sites for hydroxylation is 1. The van der Waals surface area contributed by atoms with Crippen molar-refractivity contribution in [2.75, 3.05) is 25.0 Å². The van der Waals surface area contributed by atoms with E-state index < -0.39 is 0 Å². The van der Waals surface area contributed by atoms with Gasteiger partial charge in [0.05, 0.1) is 5.69 Å². The summed E-state index contributed by atoms with van der Waals surface area (Å²) in [5.41, 5.74) is 4.64. The number of nitrogens with one attached hydrogen (secondary N) is 2. The maximum atomic E-state index is 5.53. The summed E-state index contributed by atoms with van der Waals surface area (Å²) in [6.07, 6.45) is 2.45. The standard InChI is InChI=1S/C29H31N5S/c1-33-28(17-27(32-33)23-12-11-20-7-5-6-8-21(20)15-23)26-19-34-14-13-22(26)16-25(34)18-30-29(35)31-24-9-3-2-4-10-24/h2-12,15,17,22,25-26H,13-14,16,18-19H2,1H3,(H2,30,31,35). The number of fused-ring (bicyclic) bond motifs is 4. The number of benzene rings is 3. The van der Waals surface area contributed by atoms with E-state index >= 15 is 0 Å². The molecule has 3 aliphatic rings. The van der Waals surface area contributed by atoms with Crippen LogP contribution >= 0.6 is 12.2 Å². The molecule has 2 bridgehead atoms. The average molecular weight is 482 g/mol. The minimum atomic E-state index is 0.522. The molecule has 7 rings (SSSR count). The molecule has 6 heteroatoms. The highest BCUT2D eigenvalue weighted by Crippen LogP contribution is 2.42. The molecular weight excluding hydrogens is 450 g/mol. The molecule has 4 atom stereocenters. The molecule has 3 fully saturated rings. The molecule has 0 amide bonds. The Kier molecular flexibility index (Phi) is 6.00. The van der Waals surface area contributed by atoms with Crippen molar-refractivity contribution in [1.82, 2.24) is 20.0 Å². The van der Waals surface area contributed by atoms with Crippen molar-refractivity contribution in [2.45, 2.75) is 24.8 Å². The van der Waals surface area contributed by atoms with Gasteiger partial charge in [0.2, 0.25) is 0 Å². The van der Waals surface area contributed by atoms with E-state index in [1.54, 1.807) is 0 Å². The summed E-state index contributed by atoms with van der Waals surface area (Å²) < 4.78 is 2.11. The van der Waals surface area contributed by atoms with E-state index in [0.29, 0.717) is 23.0 Å². The summed E-state index contributed by atoms with van der Waals surface area (Å²) in [4.78, 5) is 2.64. The van der Waals surface area contributed by atoms with Crippen molar-refractivity contribution in [3.05, 3.63) is 84.6 Å². The molecule has 178 valence electrons. The normalized spacial score (nSPS) is 23.3. The topological polar surface area (TPSA) is 45.1 Å². The van der Waals surface area contributed by atoms with Gasteiger partial charge < -0.3 is 10.6 Å². The van der Waals surface area contributed by atoms with E-state index in [9.17, 15) is 0 Å². The zero-order chi connectivity index (χ0) is 23.8. The SMILES string of the molecule is Cn1nc(-c2ccc3ccccc3c2)cc1C1CN2CCC1CC2CNC(=S)Nc1ccccc1. The second kappa shape index (κ2) is 9.44. The first kappa shape index (κ1) is 22.3. The fraction of sp³-hybridized carbons (Fsp3) is 0.310. The van der Waals surface area contributed by atoms with Crippen LogP contribution < -0.4 is 10.6 Å². The van der Waals surface area contributed by atoms with Gasteiger partial charge >= 0.3 is 0 Å². The van der Waals surface area contributed by atoms with Gasteiger partial charge in [-0.15, -0.1) is 0 Å². The molecule has 4 aromatic rings. The van der Waals surface area contributed by atoms with E-state index in [-0.39, 0.29) is 0 Å². The molecule has 35 heavy (non-hydrogen) atoms. The number of anilines is 1. The molecule has 5 nitrogen and oxygen atoms in total. The number of para-hydroxylation sites is 1. The van der Waals surface area contributed by atoms with Crippen LogP contribution in [0.2, 0.25) is 0 Å². The zero-order valence-electron chi connectivity index (χ0n) is 20.0. The predicted octanol–water partition coefficient (Wildman–Crippen LogP) is 5.40. The number of piperidine rings is 3. The van der Waals surface area contributed by atoms with Gasteiger partial charge in [-0.25, -0.2) is 0 Å². The smallest absolute Gasteiger partial charge is 0.170 e. The van der Waals surface area contributed by atoms with Crippen molar-refractivity contribution in [1.29, 1.82) is 0 Å². The highest BCUT2D eigenvalue weighted by molar-refractivity contribution is 7.80. The fourth-order valence-corrected chi connectivity index (χ4v) is 6.11. The second-order valence-corrected chi connectivity index (χ2v) is 10.3. The monoisotopic (exact) mass is 481 g/mol.